The molecule has 0 radical (unpaired) electrons. The van der Waals surface area contributed by atoms with Crippen molar-refractivity contribution in [1.29, 1.82) is 0 Å². The third-order valence-corrected chi connectivity index (χ3v) is 6.10. The van der Waals surface area contributed by atoms with Crippen molar-refractivity contribution in [1.82, 2.24) is 15.1 Å². The molecule has 5 nitrogen and oxygen atoms in total. The van der Waals surface area contributed by atoms with Gasteiger partial charge >= 0.3 is 6.03 Å². The number of para-hydroxylation sites is 1. The molecule has 2 saturated heterocycles. The zero-order valence-corrected chi connectivity index (χ0v) is 15.9. The topological polar surface area (TPSA) is 44.8 Å². The maximum absolute atomic E-state index is 12.7. The molecule has 2 amide bonds. The summed E-state index contributed by atoms with van der Waals surface area (Å²) in [6.07, 6.45) is 6.88. The highest BCUT2D eigenvalue weighted by Crippen LogP contribution is 2.38. The van der Waals surface area contributed by atoms with Crippen LogP contribution in [0, 0.1) is 0 Å². The van der Waals surface area contributed by atoms with E-state index in [0.717, 1.165) is 38.1 Å². The van der Waals surface area contributed by atoms with Gasteiger partial charge < -0.3 is 19.9 Å². The maximum atomic E-state index is 12.7. The number of amides is 2. The highest BCUT2D eigenvalue weighted by Gasteiger charge is 2.44. The predicted molar refractivity (Wildman–Crippen MR) is 103 cm³/mol. The molecule has 3 heterocycles. The quantitative estimate of drug-likeness (QED) is 0.904. The first kappa shape index (κ1) is 17.7. The van der Waals surface area contributed by atoms with E-state index in [-0.39, 0.29) is 17.7 Å². The largest absolute Gasteiger partial charge is 0.485 e. The van der Waals surface area contributed by atoms with Crippen molar-refractivity contribution in [3.8, 4) is 5.75 Å². The van der Waals surface area contributed by atoms with E-state index in [9.17, 15) is 4.79 Å². The van der Waals surface area contributed by atoms with E-state index in [2.05, 4.69) is 35.3 Å². The number of likely N-dealkylation sites (tertiary alicyclic amines) is 2. The number of nitrogens with one attached hydrogen (secondary N) is 1. The summed E-state index contributed by atoms with van der Waals surface area (Å²) >= 11 is 0. The average molecular weight is 357 g/mol. The normalized spacial score (nSPS) is 27.0. The number of carbonyl (C=O) groups is 1. The number of urea groups is 1. The van der Waals surface area contributed by atoms with Crippen LogP contribution in [0.4, 0.5) is 4.79 Å². The Bertz CT molecular complexity index is 644. The van der Waals surface area contributed by atoms with Gasteiger partial charge in [-0.2, -0.15) is 0 Å². The SMILES string of the molecule is CC(CN1CCCCC1)NC(=O)N1CCC2(CCc3ccccc3O2)C1. The van der Waals surface area contributed by atoms with Gasteiger partial charge in [0.25, 0.3) is 0 Å². The molecule has 2 unspecified atom stereocenters. The second kappa shape index (κ2) is 7.47. The highest BCUT2D eigenvalue weighted by atomic mass is 16.5. The van der Waals surface area contributed by atoms with E-state index in [4.69, 9.17) is 4.74 Å². The lowest BCUT2D eigenvalue weighted by Gasteiger charge is -2.35. The van der Waals surface area contributed by atoms with Gasteiger partial charge in [-0.15, -0.1) is 0 Å². The van der Waals surface area contributed by atoms with Crippen LogP contribution >= 0.6 is 0 Å². The smallest absolute Gasteiger partial charge is 0.317 e. The predicted octanol–water partition coefficient (Wildman–Crippen LogP) is 3.04. The van der Waals surface area contributed by atoms with Crippen molar-refractivity contribution in [2.24, 2.45) is 0 Å². The van der Waals surface area contributed by atoms with E-state index in [1.807, 2.05) is 11.0 Å². The van der Waals surface area contributed by atoms with E-state index >= 15 is 0 Å². The molecule has 1 spiro atoms. The first-order valence-corrected chi connectivity index (χ1v) is 10.2. The number of aryl methyl sites for hydroxylation is 1. The summed E-state index contributed by atoms with van der Waals surface area (Å²) in [4.78, 5) is 17.1. The zero-order valence-electron chi connectivity index (χ0n) is 15.9. The van der Waals surface area contributed by atoms with Crippen LogP contribution in [0.5, 0.6) is 5.75 Å². The fourth-order valence-electron chi connectivity index (χ4n) is 4.64. The van der Waals surface area contributed by atoms with Gasteiger partial charge in [-0.05, 0) is 57.3 Å². The minimum absolute atomic E-state index is 0.0637. The Morgan fingerprint density at radius 2 is 2.00 bits per heavy atom. The van der Waals surface area contributed by atoms with Crippen LogP contribution in [-0.4, -0.2) is 60.2 Å². The van der Waals surface area contributed by atoms with Crippen molar-refractivity contribution in [2.75, 3.05) is 32.7 Å². The highest BCUT2D eigenvalue weighted by molar-refractivity contribution is 5.75. The number of benzene rings is 1. The Hall–Kier alpha value is -1.75. The summed E-state index contributed by atoms with van der Waals surface area (Å²) in [5, 5.41) is 3.20. The summed E-state index contributed by atoms with van der Waals surface area (Å²) in [5.74, 6) is 1.000. The second-order valence-corrected chi connectivity index (χ2v) is 8.28. The van der Waals surface area contributed by atoms with Crippen LogP contribution in [0.15, 0.2) is 24.3 Å². The molecule has 0 aromatic heterocycles. The van der Waals surface area contributed by atoms with E-state index < -0.39 is 0 Å². The third kappa shape index (κ3) is 3.83. The number of fused-ring (bicyclic) bond motifs is 1. The van der Waals surface area contributed by atoms with Gasteiger partial charge in [0, 0.05) is 25.6 Å². The Kier molecular flexibility index (Phi) is 5.07. The molecule has 5 heteroatoms. The van der Waals surface area contributed by atoms with Gasteiger partial charge in [0.2, 0.25) is 0 Å². The van der Waals surface area contributed by atoms with Crippen LogP contribution < -0.4 is 10.1 Å². The molecule has 26 heavy (non-hydrogen) atoms. The number of carbonyl (C=O) groups excluding carboxylic acids is 1. The first-order valence-electron chi connectivity index (χ1n) is 10.2. The van der Waals surface area contributed by atoms with Crippen molar-refractivity contribution in [3.05, 3.63) is 29.8 Å². The minimum atomic E-state index is -0.193. The number of ether oxygens (including phenoxy) is 1. The fraction of sp³-hybridized carbons (Fsp3) is 0.667. The molecule has 3 aliphatic rings. The number of piperidine rings is 1. The average Bonchev–Trinajstić information content (AvgIpc) is 3.06. The zero-order chi connectivity index (χ0) is 18.0. The standard InChI is InChI=1S/C21H31N3O2/c1-17(15-23-12-5-2-6-13-23)22-20(25)24-14-11-21(16-24)10-9-18-7-3-4-8-19(18)26-21/h3-4,7-8,17H,2,5-6,9-16H2,1H3,(H,22,25). The van der Waals surface area contributed by atoms with Gasteiger partial charge in [-0.1, -0.05) is 24.6 Å². The summed E-state index contributed by atoms with van der Waals surface area (Å²) in [6.45, 7) is 6.88. The van der Waals surface area contributed by atoms with E-state index in [1.165, 1.54) is 37.9 Å². The van der Waals surface area contributed by atoms with Crippen LogP contribution in [0.3, 0.4) is 0 Å². The number of hydrogen-bond donors (Lipinski definition) is 1. The molecule has 142 valence electrons. The van der Waals surface area contributed by atoms with Gasteiger partial charge in [0.05, 0.1) is 6.54 Å². The maximum Gasteiger partial charge on any atom is 0.317 e. The monoisotopic (exact) mass is 357 g/mol. The van der Waals surface area contributed by atoms with Crippen molar-refractivity contribution in [2.45, 2.75) is 57.1 Å². The Balaban J connectivity index is 1.30. The lowest BCUT2D eigenvalue weighted by Crippen LogP contribution is -2.50. The van der Waals surface area contributed by atoms with Gasteiger partial charge in [-0.3, -0.25) is 0 Å². The lowest BCUT2D eigenvalue weighted by molar-refractivity contribution is 0.0573. The molecule has 0 aliphatic carbocycles. The van der Waals surface area contributed by atoms with Crippen molar-refractivity contribution in [3.63, 3.8) is 0 Å². The molecule has 1 aromatic rings. The molecule has 4 rings (SSSR count). The van der Waals surface area contributed by atoms with Gasteiger partial charge in [-0.25, -0.2) is 4.79 Å². The number of rotatable bonds is 3. The van der Waals surface area contributed by atoms with Gasteiger partial charge in [0.15, 0.2) is 0 Å². The molecule has 2 fully saturated rings. The molecule has 2 atom stereocenters. The van der Waals surface area contributed by atoms with Crippen LogP contribution in [0.1, 0.15) is 44.6 Å². The Morgan fingerprint density at radius 1 is 1.19 bits per heavy atom. The molecule has 1 aromatic carbocycles. The van der Waals surface area contributed by atoms with Crippen LogP contribution in [0.2, 0.25) is 0 Å². The van der Waals surface area contributed by atoms with Gasteiger partial charge in [0.1, 0.15) is 11.4 Å². The molecular weight excluding hydrogens is 326 g/mol. The Morgan fingerprint density at radius 3 is 2.85 bits per heavy atom. The second-order valence-electron chi connectivity index (χ2n) is 8.28. The lowest BCUT2D eigenvalue weighted by atomic mass is 9.90. The van der Waals surface area contributed by atoms with Crippen molar-refractivity contribution < 1.29 is 9.53 Å². The number of hydrogen-bond acceptors (Lipinski definition) is 3. The van der Waals surface area contributed by atoms with Crippen LogP contribution in [0.25, 0.3) is 0 Å². The molecule has 0 saturated carbocycles. The molecule has 3 aliphatic heterocycles. The summed E-state index contributed by atoms with van der Waals surface area (Å²) in [7, 11) is 0. The minimum Gasteiger partial charge on any atom is -0.485 e. The van der Waals surface area contributed by atoms with Crippen LogP contribution in [-0.2, 0) is 6.42 Å². The summed E-state index contributed by atoms with van der Waals surface area (Å²) in [5.41, 5.74) is 1.10. The third-order valence-electron chi connectivity index (χ3n) is 6.10. The summed E-state index contributed by atoms with van der Waals surface area (Å²) < 4.78 is 6.36. The fourth-order valence-corrected chi connectivity index (χ4v) is 4.64. The molecule has 0 bridgehead atoms. The number of nitrogens with zero attached hydrogens (tertiary/aromatic N) is 2. The Labute approximate surface area is 156 Å². The molecular formula is C21H31N3O2. The van der Waals surface area contributed by atoms with E-state index in [0.29, 0.717) is 6.54 Å². The molecule has 1 N–H and O–H groups in total. The summed E-state index contributed by atoms with van der Waals surface area (Å²) in [6, 6.07) is 8.54. The first-order chi connectivity index (χ1) is 12.6. The van der Waals surface area contributed by atoms with E-state index in [1.54, 1.807) is 0 Å². The van der Waals surface area contributed by atoms with Crippen molar-refractivity contribution >= 4 is 6.03 Å².